The van der Waals surface area contributed by atoms with E-state index in [1.807, 2.05) is 12.4 Å². The number of nitrogens with zero attached hydrogens (tertiary/aromatic N) is 1. The molecule has 0 radical (unpaired) electrons. The third-order valence-corrected chi connectivity index (χ3v) is 4.30. The second-order valence-corrected chi connectivity index (χ2v) is 6.55. The zero-order valence-electron chi connectivity index (χ0n) is 15.0. The Hall–Kier alpha value is -1.09. The number of aromatic nitrogens is 2. The Morgan fingerprint density at radius 2 is 1.83 bits per heavy atom. The van der Waals surface area contributed by atoms with Crippen LogP contribution in [0.4, 0.5) is 0 Å². The number of nitrogens with one attached hydrogen (secondary N) is 1. The summed E-state index contributed by atoms with van der Waals surface area (Å²) in [5.74, 6) is 1.11. The number of aromatic amines is 1. The van der Waals surface area contributed by atoms with E-state index < -0.39 is 0 Å². The van der Waals surface area contributed by atoms with Gasteiger partial charge in [-0.15, -0.1) is 0 Å². The van der Waals surface area contributed by atoms with Gasteiger partial charge in [-0.2, -0.15) is 0 Å². The maximum absolute atomic E-state index is 9.87. The van der Waals surface area contributed by atoms with Crippen molar-refractivity contribution < 1.29 is 5.11 Å². The Kier molecular flexibility index (Phi) is 12.6. The predicted molar refractivity (Wildman–Crippen MR) is 98.5 cm³/mol. The first-order valence-electron chi connectivity index (χ1n) is 9.64. The first kappa shape index (κ1) is 20.0. The van der Waals surface area contributed by atoms with E-state index >= 15 is 0 Å². The van der Waals surface area contributed by atoms with Gasteiger partial charge in [0.2, 0.25) is 0 Å². The third kappa shape index (κ3) is 12.1. The Labute approximate surface area is 142 Å². The third-order valence-electron chi connectivity index (χ3n) is 4.30. The second-order valence-electron chi connectivity index (χ2n) is 6.55. The summed E-state index contributed by atoms with van der Waals surface area (Å²) in [5, 5.41) is 9.87. The lowest BCUT2D eigenvalue weighted by molar-refractivity contribution is 0.163. The largest absolute Gasteiger partial charge is 0.393 e. The molecule has 1 aromatic rings. The summed E-state index contributed by atoms with van der Waals surface area (Å²) in [7, 11) is 0. The average molecular weight is 321 g/mol. The Morgan fingerprint density at radius 3 is 2.61 bits per heavy atom. The summed E-state index contributed by atoms with van der Waals surface area (Å²) in [6.45, 7) is 2.22. The van der Waals surface area contributed by atoms with Gasteiger partial charge in [0.05, 0.1) is 6.10 Å². The van der Waals surface area contributed by atoms with Gasteiger partial charge in [-0.1, -0.05) is 64.0 Å². The van der Waals surface area contributed by atoms with Crippen molar-refractivity contribution >= 4 is 0 Å². The first-order valence-corrected chi connectivity index (χ1v) is 9.64. The van der Waals surface area contributed by atoms with Crippen LogP contribution in [0, 0.1) is 0 Å². The van der Waals surface area contributed by atoms with Gasteiger partial charge in [0.15, 0.2) is 0 Å². The van der Waals surface area contributed by atoms with Crippen LogP contribution >= 0.6 is 0 Å². The lowest BCUT2D eigenvalue weighted by Crippen LogP contribution is -2.04. The standard InChI is InChI=1S/C20H36N2O/c1-2-3-4-11-14-19(23)15-12-9-7-5-6-8-10-13-16-20-21-17-18-22-20/h9,12,17-19,23H,2-8,10-11,13-16H2,1H3,(H,21,22)/b12-9-/t19-/m1/s1. The summed E-state index contributed by atoms with van der Waals surface area (Å²) in [4.78, 5) is 7.39. The minimum Gasteiger partial charge on any atom is -0.393 e. The van der Waals surface area contributed by atoms with Crippen LogP contribution in [-0.4, -0.2) is 21.2 Å². The molecule has 0 spiro atoms. The summed E-state index contributed by atoms with van der Waals surface area (Å²) in [6, 6.07) is 0. The molecule has 0 amide bonds. The van der Waals surface area contributed by atoms with Crippen LogP contribution in [-0.2, 0) is 6.42 Å². The van der Waals surface area contributed by atoms with Gasteiger partial charge in [0.25, 0.3) is 0 Å². The van der Waals surface area contributed by atoms with Crippen molar-refractivity contribution in [3.63, 3.8) is 0 Å². The fraction of sp³-hybridized carbons (Fsp3) is 0.750. The van der Waals surface area contributed by atoms with Crippen LogP contribution in [0.1, 0.15) is 89.8 Å². The molecule has 0 aliphatic carbocycles. The van der Waals surface area contributed by atoms with Gasteiger partial charge in [0, 0.05) is 18.8 Å². The molecular formula is C20H36N2O. The van der Waals surface area contributed by atoms with Gasteiger partial charge < -0.3 is 10.1 Å². The monoisotopic (exact) mass is 320 g/mol. The quantitative estimate of drug-likeness (QED) is 0.328. The number of H-pyrrole nitrogens is 1. The van der Waals surface area contributed by atoms with Crippen LogP contribution in [0.3, 0.4) is 0 Å². The molecule has 132 valence electrons. The fourth-order valence-electron chi connectivity index (χ4n) is 2.82. The van der Waals surface area contributed by atoms with E-state index in [2.05, 4.69) is 29.0 Å². The van der Waals surface area contributed by atoms with Crippen molar-refractivity contribution in [1.29, 1.82) is 0 Å². The van der Waals surface area contributed by atoms with Gasteiger partial charge in [-0.05, 0) is 32.1 Å². The number of aliphatic hydroxyl groups is 1. The van der Waals surface area contributed by atoms with Crippen LogP contribution in [0.2, 0.25) is 0 Å². The average Bonchev–Trinajstić information content (AvgIpc) is 3.06. The fourth-order valence-corrected chi connectivity index (χ4v) is 2.82. The number of unbranched alkanes of at least 4 members (excludes halogenated alkanes) is 8. The molecule has 3 nitrogen and oxygen atoms in total. The maximum atomic E-state index is 9.87. The van der Waals surface area contributed by atoms with Crippen molar-refractivity contribution in [3.05, 3.63) is 30.4 Å². The highest BCUT2D eigenvalue weighted by molar-refractivity contribution is 4.86. The highest BCUT2D eigenvalue weighted by Gasteiger charge is 2.00. The van der Waals surface area contributed by atoms with Crippen LogP contribution in [0.25, 0.3) is 0 Å². The van der Waals surface area contributed by atoms with E-state index in [4.69, 9.17) is 0 Å². The number of rotatable bonds is 15. The summed E-state index contributed by atoms with van der Waals surface area (Å²) >= 11 is 0. The topological polar surface area (TPSA) is 48.9 Å². The Morgan fingerprint density at radius 1 is 1.04 bits per heavy atom. The molecule has 0 bridgehead atoms. The molecule has 1 aromatic heterocycles. The van der Waals surface area contributed by atoms with Gasteiger partial charge in [0.1, 0.15) is 5.82 Å². The summed E-state index contributed by atoms with van der Waals surface area (Å²) in [5.41, 5.74) is 0. The molecule has 0 aliphatic heterocycles. The summed E-state index contributed by atoms with van der Waals surface area (Å²) < 4.78 is 0. The van der Waals surface area contributed by atoms with Crippen molar-refractivity contribution in [2.75, 3.05) is 0 Å². The molecular weight excluding hydrogens is 284 g/mol. The minimum absolute atomic E-state index is 0.135. The van der Waals surface area contributed by atoms with E-state index in [0.717, 1.165) is 31.5 Å². The number of allylic oxidation sites excluding steroid dienone is 1. The second kappa shape index (κ2) is 14.5. The van der Waals surface area contributed by atoms with Crippen LogP contribution < -0.4 is 0 Å². The summed E-state index contributed by atoms with van der Waals surface area (Å²) in [6.07, 6.45) is 23.4. The molecule has 0 aliphatic rings. The Bertz CT molecular complexity index is 373. The van der Waals surface area contributed by atoms with Gasteiger partial charge >= 0.3 is 0 Å². The molecule has 0 saturated heterocycles. The highest BCUT2D eigenvalue weighted by Crippen LogP contribution is 2.10. The van der Waals surface area contributed by atoms with E-state index in [1.54, 1.807) is 0 Å². The normalized spacial score (nSPS) is 13.0. The SMILES string of the molecule is CCCCCC[C@@H](O)C/C=C\CCCCCCCc1ncc[nH]1. The van der Waals surface area contributed by atoms with E-state index in [9.17, 15) is 5.11 Å². The van der Waals surface area contributed by atoms with Gasteiger partial charge in [-0.3, -0.25) is 0 Å². The number of aliphatic hydroxyl groups excluding tert-OH is 1. The van der Waals surface area contributed by atoms with E-state index in [-0.39, 0.29) is 6.10 Å². The number of hydrogen-bond acceptors (Lipinski definition) is 2. The van der Waals surface area contributed by atoms with Crippen molar-refractivity contribution in [3.8, 4) is 0 Å². The number of hydrogen-bond donors (Lipinski definition) is 2. The zero-order valence-corrected chi connectivity index (χ0v) is 15.0. The molecule has 1 atom stereocenters. The van der Waals surface area contributed by atoms with Crippen molar-refractivity contribution in [1.82, 2.24) is 9.97 Å². The number of imidazole rings is 1. The Balaban J connectivity index is 1.82. The first-order chi connectivity index (χ1) is 11.3. The minimum atomic E-state index is -0.135. The maximum Gasteiger partial charge on any atom is 0.105 e. The smallest absolute Gasteiger partial charge is 0.105 e. The van der Waals surface area contributed by atoms with Crippen LogP contribution in [0.15, 0.2) is 24.5 Å². The van der Waals surface area contributed by atoms with Crippen molar-refractivity contribution in [2.24, 2.45) is 0 Å². The molecule has 0 saturated carbocycles. The molecule has 3 heteroatoms. The molecule has 23 heavy (non-hydrogen) atoms. The number of aryl methyl sites for hydroxylation is 1. The van der Waals surface area contributed by atoms with Gasteiger partial charge in [-0.25, -0.2) is 4.98 Å². The molecule has 2 N–H and O–H groups in total. The van der Waals surface area contributed by atoms with Crippen LogP contribution in [0.5, 0.6) is 0 Å². The lowest BCUT2D eigenvalue weighted by Gasteiger charge is -2.07. The molecule has 1 rings (SSSR count). The predicted octanol–water partition coefficient (Wildman–Crippen LogP) is 5.57. The molecule has 0 aromatic carbocycles. The molecule has 0 fully saturated rings. The van der Waals surface area contributed by atoms with Crippen molar-refractivity contribution in [2.45, 2.75) is 96.5 Å². The highest BCUT2D eigenvalue weighted by atomic mass is 16.3. The molecule has 1 heterocycles. The van der Waals surface area contributed by atoms with E-state index in [1.165, 1.54) is 57.8 Å². The van der Waals surface area contributed by atoms with E-state index in [0.29, 0.717) is 0 Å². The zero-order chi connectivity index (χ0) is 16.6. The molecule has 0 unspecified atom stereocenters. The lowest BCUT2D eigenvalue weighted by atomic mass is 10.1.